The molecule has 0 bridgehead atoms. The molecule has 0 amide bonds. The van der Waals surface area contributed by atoms with Crippen molar-refractivity contribution < 1.29 is 26.2 Å². The van der Waals surface area contributed by atoms with Crippen LogP contribution in [0.4, 0.5) is 0 Å². The van der Waals surface area contributed by atoms with E-state index in [9.17, 15) is 0 Å². The van der Waals surface area contributed by atoms with Crippen molar-refractivity contribution in [2.24, 2.45) is 5.92 Å². The molecule has 0 N–H and O–H groups in total. The molecule has 16 heavy (non-hydrogen) atoms. The van der Waals surface area contributed by atoms with Gasteiger partial charge in [0.05, 0.1) is 0 Å². The van der Waals surface area contributed by atoms with Gasteiger partial charge in [-0.2, -0.15) is 17.7 Å². The number of hydrogen-bond donors (Lipinski definition) is 0. The average molecular weight is 289 g/mol. The van der Waals surface area contributed by atoms with Gasteiger partial charge in [0.2, 0.25) is 0 Å². The normalized spacial score (nSPS) is 24.1. The fourth-order valence-corrected chi connectivity index (χ4v) is 3.02. The Morgan fingerprint density at radius 2 is 1.88 bits per heavy atom. The van der Waals surface area contributed by atoms with Crippen molar-refractivity contribution in [1.29, 1.82) is 0 Å². The van der Waals surface area contributed by atoms with Gasteiger partial charge >= 0.3 is 0 Å². The van der Waals surface area contributed by atoms with Crippen LogP contribution in [0.1, 0.15) is 38.5 Å². The van der Waals surface area contributed by atoms with Crippen molar-refractivity contribution in [2.45, 2.75) is 38.5 Å². The molecule has 0 spiro atoms. The van der Waals surface area contributed by atoms with Gasteiger partial charge in [-0.15, -0.1) is 11.6 Å². The smallest absolute Gasteiger partial charge is 0 e. The molecule has 1 saturated carbocycles. The first-order valence-electron chi connectivity index (χ1n) is 6.12. The van der Waals surface area contributed by atoms with Crippen LogP contribution in [0.5, 0.6) is 0 Å². The van der Waals surface area contributed by atoms with Gasteiger partial charge in [-0.1, -0.05) is 43.4 Å². The van der Waals surface area contributed by atoms with Crippen LogP contribution < -0.4 is 0 Å². The molecule has 3 rings (SSSR count). The van der Waals surface area contributed by atoms with Crippen LogP contribution in [-0.4, -0.2) is 0 Å². The summed E-state index contributed by atoms with van der Waals surface area (Å²) in [6.07, 6.45) is 20.4. The Bertz CT molecular complexity index is 376. The summed E-state index contributed by atoms with van der Waals surface area (Å²) in [5.41, 5.74) is 4.57. The predicted octanol–water partition coefficient (Wildman–Crippen LogP) is 4.12. The fourth-order valence-electron chi connectivity index (χ4n) is 3.02. The zero-order valence-corrected chi connectivity index (χ0v) is 12.1. The predicted molar refractivity (Wildman–Crippen MR) is 63.3 cm³/mol. The zero-order chi connectivity index (χ0) is 10.1. The van der Waals surface area contributed by atoms with Gasteiger partial charge in [0.15, 0.2) is 0 Å². The summed E-state index contributed by atoms with van der Waals surface area (Å²) in [6, 6.07) is 0. The van der Waals surface area contributed by atoms with Gasteiger partial charge in [0, 0.05) is 26.2 Å². The molecule has 0 aromatic rings. The Kier molecular flexibility index (Phi) is 4.19. The van der Waals surface area contributed by atoms with E-state index in [1.165, 1.54) is 31.3 Å². The van der Waals surface area contributed by atoms with Crippen molar-refractivity contribution in [3.8, 4) is 0 Å². The first-order chi connectivity index (χ1) is 7.45. The molecular formula is C15H17Zr-. The summed E-state index contributed by atoms with van der Waals surface area (Å²) in [7, 11) is 0. The number of rotatable bonds is 2. The van der Waals surface area contributed by atoms with Crippen molar-refractivity contribution in [1.82, 2.24) is 0 Å². The molecule has 1 heteroatoms. The largest absolute Gasteiger partial charge is 0.198 e. The zero-order valence-electron chi connectivity index (χ0n) is 9.63. The second-order valence-electron chi connectivity index (χ2n) is 4.72. The third-order valence-electron chi connectivity index (χ3n) is 3.78. The molecule has 82 valence electrons. The molecule has 0 saturated heterocycles. The van der Waals surface area contributed by atoms with Crippen molar-refractivity contribution in [2.75, 3.05) is 0 Å². The third kappa shape index (κ3) is 2.25. The minimum atomic E-state index is 0. The van der Waals surface area contributed by atoms with Crippen LogP contribution in [0.25, 0.3) is 0 Å². The standard InChI is InChI=1S/C15H17.Zr/c1-2-7-12(6-1)14-10-5-11-15(14)13-8-3-4-9-13;/h1,5-6,11,13H,2-4,8-10H2;/q-1;. The minimum absolute atomic E-state index is 0. The molecule has 0 radical (unpaired) electrons. The second-order valence-corrected chi connectivity index (χ2v) is 4.72. The van der Waals surface area contributed by atoms with E-state index < -0.39 is 0 Å². The summed E-state index contributed by atoms with van der Waals surface area (Å²) in [4.78, 5) is 0. The molecule has 3 aliphatic rings. The van der Waals surface area contributed by atoms with Gasteiger partial charge in [-0.05, 0) is 18.8 Å². The van der Waals surface area contributed by atoms with E-state index in [-0.39, 0.29) is 26.2 Å². The van der Waals surface area contributed by atoms with Crippen LogP contribution >= 0.6 is 0 Å². The Balaban J connectivity index is 0.000000963. The molecule has 0 nitrogen and oxygen atoms in total. The van der Waals surface area contributed by atoms with E-state index in [0.29, 0.717) is 0 Å². The minimum Gasteiger partial charge on any atom is -0.198 e. The van der Waals surface area contributed by atoms with Gasteiger partial charge in [-0.3, -0.25) is 0 Å². The van der Waals surface area contributed by atoms with Crippen LogP contribution in [0, 0.1) is 12.0 Å². The molecule has 0 aromatic heterocycles. The third-order valence-corrected chi connectivity index (χ3v) is 3.78. The Hall–Kier alpha value is -0.157. The van der Waals surface area contributed by atoms with E-state index in [2.05, 4.69) is 30.4 Å². The van der Waals surface area contributed by atoms with Crippen LogP contribution in [0.2, 0.25) is 0 Å². The topological polar surface area (TPSA) is 0 Å². The Morgan fingerprint density at radius 1 is 1.06 bits per heavy atom. The van der Waals surface area contributed by atoms with Crippen LogP contribution in [0.3, 0.4) is 0 Å². The summed E-state index contributed by atoms with van der Waals surface area (Å²) in [5.74, 6) is 0.849. The number of hydrogen-bond acceptors (Lipinski definition) is 0. The monoisotopic (exact) mass is 287 g/mol. The van der Waals surface area contributed by atoms with E-state index >= 15 is 0 Å². The summed E-state index contributed by atoms with van der Waals surface area (Å²) in [5, 5.41) is 0. The molecule has 1 fully saturated rings. The fraction of sp³-hybridized carbons (Fsp3) is 0.467. The van der Waals surface area contributed by atoms with E-state index in [4.69, 9.17) is 0 Å². The first kappa shape index (κ1) is 12.3. The maximum absolute atomic E-state index is 3.46. The van der Waals surface area contributed by atoms with E-state index in [0.717, 1.165) is 18.8 Å². The van der Waals surface area contributed by atoms with E-state index in [1.54, 1.807) is 11.1 Å². The second kappa shape index (κ2) is 5.45. The molecular weight excluding hydrogens is 271 g/mol. The molecule has 0 unspecified atom stereocenters. The van der Waals surface area contributed by atoms with Crippen molar-refractivity contribution in [3.05, 3.63) is 47.1 Å². The maximum Gasteiger partial charge on any atom is 0 e. The van der Waals surface area contributed by atoms with Crippen molar-refractivity contribution >= 4 is 0 Å². The van der Waals surface area contributed by atoms with Gasteiger partial charge < -0.3 is 0 Å². The SMILES string of the molecule is [C-]1=C(C2=C(C3CCCC3)C=CC2)C=CC1.[Zr]. The Morgan fingerprint density at radius 3 is 2.56 bits per heavy atom. The van der Waals surface area contributed by atoms with Gasteiger partial charge in [-0.25, -0.2) is 0 Å². The van der Waals surface area contributed by atoms with Crippen LogP contribution in [0.15, 0.2) is 41.0 Å². The molecule has 0 atom stereocenters. The first-order valence-corrected chi connectivity index (χ1v) is 6.12. The quantitative estimate of drug-likeness (QED) is 0.671. The summed E-state index contributed by atoms with van der Waals surface area (Å²) in [6.45, 7) is 0. The van der Waals surface area contributed by atoms with Gasteiger partial charge in [0.25, 0.3) is 0 Å². The Labute approximate surface area is 117 Å². The molecule has 0 aliphatic heterocycles. The molecule has 0 heterocycles. The van der Waals surface area contributed by atoms with Crippen LogP contribution in [-0.2, 0) is 26.2 Å². The van der Waals surface area contributed by atoms with Gasteiger partial charge in [0.1, 0.15) is 0 Å². The maximum atomic E-state index is 3.46. The van der Waals surface area contributed by atoms with E-state index in [1.807, 2.05) is 0 Å². The van der Waals surface area contributed by atoms with Crippen molar-refractivity contribution in [3.63, 3.8) is 0 Å². The molecule has 3 aliphatic carbocycles. The molecule has 0 aromatic carbocycles. The average Bonchev–Trinajstić information content (AvgIpc) is 3.01. The summed E-state index contributed by atoms with van der Waals surface area (Å²) >= 11 is 0. The summed E-state index contributed by atoms with van der Waals surface area (Å²) < 4.78 is 0. The number of allylic oxidation sites excluding steroid dienone is 8.